The fourth-order valence-corrected chi connectivity index (χ4v) is 3.58. The number of hydrogen-bond donors (Lipinski definition) is 3. The Labute approximate surface area is 158 Å². The maximum absolute atomic E-state index is 12.4. The summed E-state index contributed by atoms with van der Waals surface area (Å²) in [4.78, 5) is 25.8. The Hall–Kier alpha value is -2.43. The number of benzene rings is 1. The topological polar surface area (TPSA) is 131 Å². The molecular formula is C17H24N4O5S. The lowest BCUT2D eigenvalue weighted by atomic mass is 10.1. The number of nitrogens with zero attached hydrogens (tertiary/aromatic N) is 1. The molecule has 0 aromatic heterocycles. The Morgan fingerprint density at radius 1 is 1.37 bits per heavy atom. The highest BCUT2D eigenvalue weighted by atomic mass is 32.2. The van der Waals surface area contributed by atoms with Gasteiger partial charge in [-0.15, -0.1) is 0 Å². The number of likely N-dealkylation sites (tertiary alicyclic amines) is 1. The fourth-order valence-electron chi connectivity index (χ4n) is 2.78. The van der Waals surface area contributed by atoms with Crippen LogP contribution in [0.25, 0.3) is 0 Å². The van der Waals surface area contributed by atoms with Crippen molar-refractivity contribution >= 4 is 21.8 Å². The zero-order valence-corrected chi connectivity index (χ0v) is 15.9. The monoisotopic (exact) mass is 396 g/mol. The maximum Gasteiger partial charge on any atom is 0.268 e. The SMILES string of the molecule is C=CS(=O)(=O)NC1CCN(C(=O)COc2ccc(C)cc2C(=O)NN)CC1. The molecule has 0 unspecified atom stereocenters. The highest BCUT2D eigenvalue weighted by Gasteiger charge is 2.25. The van der Waals surface area contributed by atoms with E-state index in [1.165, 1.54) is 0 Å². The second kappa shape index (κ2) is 8.98. The zero-order valence-electron chi connectivity index (χ0n) is 15.1. The summed E-state index contributed by atoms with van der Waals surface area (Å²) >= 11 is 0. The standard InChI is InChI=1S/C17H24N4O5S/c1-3-27(24,25)20-13-6-8-21(9-7-13)16(22)11-26-15-5-4-12(2)10-14(15)17(23)19-18/h3-5,10,13,20H,1,6-9,11,18H2,2H3,(H,19,23). The zero-order chi connectivity index (χ0) is 20.0. The van der Waals surface area contributed by atoms with Crippen molar-refractivity contribution < 1.29 is 22.7 Å². The minimum absolute atomic E-state index is 0.225. The Balaban J connectivity index is 1.91. The molecule has 4 N–H and O–H groups in total. The fraction of sp³-hybridized carbons (Fsp3) is 0.412. The molecule has 9 nitrogen and oxygen atoms in total. The molecule has 0 saturated carbocycles. The van der Waals surface area contributed by atoms with E-state index in [-0.39, 0.29) is 29.9 Å². The van der Waals surface area contributed by atoms with Crippen LogP contribution < -0.4 is 20.7 Å². The van der Waals surface area contributed by atoms with E-state index in [0.29, 0.717) is 25.9 Å². The first-order valence-electron chi connectivity index (χ1n) is 8.42. The number of carbonyl (C=O) groups is 2. The summed E-state index contributed by atoms with van der Waals surface area (Å²) in [5.41, 5.74) is 3.16. The lowest BCUT2D eigenvalue weighted by Gasteiger charge is -2.32. The molecule has 1 saturated heterocycles. The molecule has 1 fully saturated rings. The number of nitrogens with two attached hydrogens (primary N) is 1. The molecule has 0 aliphatic carbocycles. The number of hydrazine groups is 1. The third kappa shape index (κ3) is 5.78. The molecule has 1 aliphatic rings. The van der Waals surface area contributed by atoms with Crippen molar-refractivity contribution in [3.63, 3.8) is 0 Å². The number of ether oxygens (including phenoxy) is 1. The summed E-state index contributed by atoms with van der Waals surface area (Å²) < 4.78 is 31.1. The van der Waals surface area contributed by atoms with E-state index in [1.54, 1.807) is 23.1 Å². The number of aryl methyl sites for hydroxylation is 1. The van der Waals surface area contributed by atoms with Gasteiger partial charge in [0.05, 0.1) is 5.56 Å². The summed E-state index contributed by atoms with van der Waals surface area (Å²) in [6.07, 6.45) is 1.01. The van der Waals surface area contributed by atoms with Gasteiger partial charge in [-0.05, 0) is 31.9 Å². The minimum atomic E-state index is -3.48. The van der Waals surface area contributed by atoms with E-state index in [0.717, 1.165) is 11.0 Å². The van der Waals surface area contributed by atoms with Crippen molar-refractivity contribution in [2.75, 3.05) is 19.7 Å². The molecular weight excluding hydrogens is 372 g/mol. The van der Waals surface area contributed by atoms with Gasteiger partial charge >= 0.3 is 0 Å². The van der Waals surface area contributed by atoms with Crippen molar-refractivity contribution in [1.82, 2.24) is 15.0 Å². The predicted octanol–water partition coefficient (Wildman–Crippen LogP) is 0.0312. The predicted molar refractivity (Wildman–Crippen MR) is 100 cm³/mol. The van der Waals surface area contributed by atoms with Gasteiger partial charge in [-0.25, -0.2) is 19.0 Å². The van der Waals surface area contributed by atoms with Crippen molar-refractivity contribution in [1.29, 1.82) is 0 Å². The van der Waals surface area contributed by atoms with Crippen molar-refractivity contribution in [2.45, 2.75) is 25.8 Å². The third-order valence-corrected chi connectivity index (χ3v) is 5.36. The van der Waals surface area contributed by atoms with Crippen LogP contribution in [0.5, 0.6) is 5.75 Å². The molecule has 0 spiro atoms. The number of piperidine rings is 1. The average molecular weight is 396 g/mol. The number of nitrogens with one attached hydrogen (secondary N) is 2. The normalized spacial score (nSPS) is 15.3. The number of amides is 2. The molecule has 0 bridgehead atoms. The number of sulfonamides is 1. The molecule has 1 aliphatic heterocycles. The number of hydrogen-bond acceptors (Lipinski definition) is 6. The molecule has 0 atom stereocenters. The van der Waals surface area contributed by atoms with Crippen LogP contribution in [0.2, 0.25) is 0 Å². The van der Waals surface area contributed by atoms with E-state index in [9.17, 15) is 18.0 Å². The van der Waals surface area contributed by atoms with Crippen molar-refractivity contribution in [3.05, 3.63) is 41.3 Å². The Kier molecular flexibility index (Phi) is 6.94. The van der Waals surface area contributed by atoms with Gasteiger partial charge < -0.3 is 9.64 Å². The van der Waals surface area contributed by atoms with Gasteiger partial charge in [-0.3, -0.25) is 15.0 Å². The van der Waals surface area contributed by atoms with Gasteiger partial charge in [0.1, 0.15) is 5.75 Å². The quantitative estimate of drug-likeness (QED) is 0.339. The van der Waals surface area contributed by atoms with Crippen LogP contribution >= 0.6 is 0 Å². The van der Waals surface area contributed by atoms with Crippen LogP contribution in [0.3, 0.4) is 0 Å². The van der Waals surface area contributed by atoms with Gasteiger partial charge in [0.2, 0.25) is 10.0 Å². The summed E-state index contributed by atoms with van der Waals surface area (Å²) in [5.74, 6) is 4.71. The number of carbonyl (C=O) groups excluding carboxylic acids is 2. The van der Waals surface area contributed by atoms with E-state index in [1.807, 2.05) is 6.92 Å². The number of nitrogen functional groups attached to an aromatic ring is 1. The van der Waals surface area contributed by atoms with Crippen LogP contribution in [-0.2, 0) is 14.8 Å². The van der Waals surface area contributed by atoms with Crippen LogP contribution in [0.1, 0.15) is 28.8 Å². The highest BCUT2D eigenvalue weighted by Crippen LogP contribution is 2.20. The summed E-state index contributed by atoms with van der Waals surface area (Å²) in [7, 11) is -3.48. The first-order chi connectivity index (χ1) is 12.8. The van der Waals surface area contributed by atoms with Gasteiger partial charge in [0.25, 0.3) is 11.8 Å². The molecule has 0 radical (unpaired) electrons. The van der Waals surface area contributed by atoms with Crippen molar-refractivity contribution in [2.24, 2.45) is 5.84 Å². The van der Waals surface area contributed by atoms with Gasteiger partial charge in [-0.1, -0.05) is 18.2 Å². The molecule has 1 aromatic rings. The van der Waals surface area contributed by atoms with Crippen LogP contribution in [0.15, 0.2) is 30.2 Å². The second-order valence-corrected chi connectivity index (χ2v) is 7.91. The molecule has 148 valence electrons. The largest absolute Gasteiger partial charge is 0.483 e. The van der Waals surface area contributed by atoms with Gasteiger partial charge in [0.15, 0.2) is 6.61 Å². The summed E-state index contributed by atoms with van der Waals surface area (Å²) in [6.45, 7) is 5.69. The minimum Gasteiger partial charge on any atom is -0.483 e. The Morgan fingerprint density at radius 3 is 2.63 bits per heavy atom. The molecule has 1 aromatic carbocycles. The molecule has 10 heteroatoms. The summed E-state index contributed by atoms with van der Waals surface area (Å²) in [5, 5.41) is 0.870. The molecule has 2 rings (SSSR count). The van der Waals surface area contributed by atoms with E-state index in [4.69, 9.17) is 10.6 Å². The maximum atomic E-state index is 12.4. The molecule has 27 heavy (non-hydrogen) atoms. The Bertz CT molecular complexity index is 817. The number of rotatable bonds is 7. The summed E-state index contributed by atoms with van der Waals surface area (Å²) in [6, 6.07) is 4.78. The smallest absolute Gasteiger partial charge is 0.268 e. The van der Waals surface area contributed by atoms with Crippen LogP contribution in [0.4, 0.5) is 0 Å². The van der Waals surface area contributed by atoms with Crippen LogP contribution in [0, 0.1) is 6.92 Å². The third-order valence-electron chi connectivity index (χ3n) is 4.26. The molecule has 2 amide bonds. The molecule has 1 heterocycles. The highest BCUT2D eigenvalue weighted by molar-refractivity contribution is 7.92. The van der Waals surface area contributed by atoms with E-state index in [2.05, 4.69) is 16.7 Å². The van der Waals surface area contributed by atoms with Crippen molar-refractivity contribution in [3.8, 4) is 5.75 Å². The lowest BCUT2D eigenvalue weighted by Crippen LogP contribution is -2.47. The first-order valence-corrected chi connectivity index (χ1v) is 9.97. The van der Waals surface area contributed by atoms with Gasteiger partial charge in [-0.2, -0.15) is 0 Å². The van der Waals surface area contributed by atoms with Gasteiger partial charge in [0, 0.05) is 24.5 Å². The lowest BCUT2D eigenvalue weighted by molar-refractivity contribution is -0.134. The first kappa shape index (κ1) is 20.9. The van der Waals surface area contributed by atoms with E-state index >= 15 is 0 Å². The van der Waals surface area contributed by atoms with E-state index < -0.39 is 15.9 Å². The second-order valence-electron chi connectivity index (χ2n) is 6.25. The Morgan fingerprint density at radius 2 is 2.04 bits per heavy atom. The van der Waals surface area contributed by atoms with Crippen LogP contribution in [-0.4, -0.2) is 50.9 Å². The average Bonchev–Trinajstić information content (AvgIpc) is 2.66.